The zero-order valence-corrected chi connectivity index (χ0v) is 32.6. The van der Waals surface area contributed by atoms with E-state index in [9.17, 15) is 0 Å². The monoisotopic (exact) mass is 762 g/mol. The van der Waals surface area contributed by atoms with Gasteiger partial charge in [0.1, 0.15) is 0 Å². The lowest BCUT2D eigenvalue weighted by Gasteiger charge is -2.29. The minimum atomic E-state index is 0.337. The standard InChI is InChI=1S/C53H38N4S/c1-2-13-36-30-37(29-24-33(36)12-1)46-32-45(55-53(56-46)38-14-11-15-39(31-38)57-47-21-8-4-16-40(47)41-17-5-9-22-48(41)57)34-25-27-35(28-26-34)51-52-50(42-18-3-7-20-44(42)54-51)43-19-6-10-23-49(43)58-52/h1-5,8-18,21-32,44,54H,6-7,19-20H2. The molecule has 1 atom stereocenters. The minimum Gasteiger partial charge on any atom is -0.377 e. The molecule has 3 aromatic heterocycles. The Balaban J connectivity index is 1.00. The van der Waals surface area contributed by atoms with Crippen LogP contribution in [0.25, 0.3) is 89.5 Å². The Morgan fingerprint density at radius 2 is 1.29 bits per heavy atom. The van der Waals surface area contributed by atoms with Gasteiger partial charge in [-0.05, 0) is 95.6 Å². The average molecular weight is 763 g/mol. The molecule has 2 aliphatic carbocycles. The summed E-state index contributed by atoms with van der Waals surface area (Å²) in [6.07, 6.45) is 13.8. The van der Waals surface area contributed by atoms with Crippen molar-refractivity contribution in [1.29, 1.82) is 0 Å². The third kappa shape index (κ3) is 5.42. The maximum absolute atomic E-state index is 5.33. The van der Waals surface area contributed by atoms with Crippen LogP contribution < -0.4 is 15.1 Å². The molecule has 0 saturated carbocycles. The molecule has 9 aromatic rings. The van der Waals surface area contributed by atoms with E-state index in [4.69, 9.17) is 9.97 Å². The third-order valence-corrected chi connectivity index (χ3v) is 13.4. The van der Waals surface area contributed by atoms with Crippen molar-refractivity contribution in [1.82, 2.24) is 19.9 Å². The zero-order chi connectivity index (χ0) is 38.2. The maximum Gasteiger partial charge on any atom is 0.160 e. The van der Waals surface area contributed by atoms with Crippen LogP contribution in [-0.4, -0.2) is 20.6 Å². The minimum absolute atomic E-state index is 0.337. The first-order valence-electron chi connectivity index (χ1n) is 20.3. The zero-order valence-electron chi connectivity index (χ0n) is 31.8. The van der Waals surface area contributed by atoms with Gasteiger partial charge >= 0.3 is 0 Å². The Labute approximate surface area is 340 Å². The quantitative estimate of drug-likeness (QED) is 0.190. The Bertz CT molecular complexity index is 3270. The van der Waals surface area contributed by atoms with Crippen LogP contribution in [-0.2, 0) is 6.42 Å². The third-order valence-electron chi connectivity index (χ3n) is 12.2. The SMILES string of the molecule is C1=Cc2sc3c(c2CC1)=C1C=CCCC1NC=3c1ccc(-c2cc(-c3ccc4ccccc4c3)nc(-c3cccc(-n4c5ccccc5c5ccccc54)c3)n2)cc1. The van der Waals surface area contributed by atoms with Crippen molar-refractivity contribution in [3.63, 3.8) is 0 Å². The van der Waals surface area contributed by atoms with Crippen molar-refractivity contribution in [3.05, 3.63) is 190 Å². The van der Waals surface area contributed by atoms with Gasteiger partial charge in [0, 0.05) is 43.2 Å². The van der Waals surface area contributed by atoms with Gasteiger partial charge in [0.15, 0.2) is 5.82 Å². The van der Waals surface area contributed by atoms with Crippen molar-refractivity contribution in [2.24, 2.45) is 0 Å². The maximum atomic E-state index is 5.33. The van der Waals surface area contributed by atoms with Crippen LogP contribution in [0.3, 0.4) is 0 Å². The van der Waals surface area contributed by atoms with E-state index in [0.717, 1.165) is 59.4 Å². The molecule has 0 radical (unpaired) electrons. The molecule has 1 aliphatic heterocycles. The Morgan fingerprint density at radius 1 is 0.586 bits per heavy atom. The summed E-state index contributed by atoms with van der Waals surface area (Å²) in [5.74, 6) is 0.700. The van der Waals surface area contributed by atoms with Gasteiger partial charge < -0.3 is 9.88 Å². The predicted octanol–water partition coefficient (Wildman–Crippen LogP) is 11.4. The van der Waals surface area contributed by atoms with Crippen molar-refractivity contribution in [2.75, 3.05) is 0 Å². The molecular formula is C53H38N4S. The summed E-state index contributed by atoms with van der Waals surface area (Å²) in [5, 5.41) is 10.4. The van der Waals surface area contributed by atoms with Crippen LogP contribution in [0.4, 0.5) is 0 Å². The molecule has 3 aliphatic rings. The summed E-state index contributed by atoms with van der Waals surface area (Å²) in [7, 11) is 0. The highest BCUT2D eigenvalue weighted by Crippen LogP contribution is 2.35. The summed E-state index contributed by atoms with van der Waals surface area (Å²) in [6, 6.07) is 52.6. The summed E-state index contributed by atoms with van der Waals surface area (Å²) < 4.78 is 3.72. The van der Waals surface area contributed by atoms with E-state index in [1.807, 2.05) is 11.3 Å². The van der Waals surface area contributed by atoms with Crippen molar-refractivity contribution >= 4 is 61.3 Å². The fourth-order valence-corrected chi connectivity index (χ4v) is 10.7. The van der Waals surface area contributed by atoms with Crippen LogP contribution >= 0.6 is 11.3 Å². The number of fused-ring (bicyclic) bond motifs is 8. The number of nitrogens with zero attached hydrogens (tertiary/aromatic N) is 3. The lowest BCUT2D eigenvalue weighted by atomic mass is 9.88. The molecule has 4 heterocycles. The van der Waals surface area contributed by atoms with Crippen molar-refractivity contribution in [2.45, 2.75) is 31.7 Å². The second-order valence-corrected chi connectivity index (χ2v) is 16.7. The van der Waals surface area contributed by atoms with Gasteiger partial charge in [-0.1, -0.05) is 127 Å². The highest BCUT2D eigenvalue weighted by molar-refractivity contribution is 7.11. The van der Waals surface area contributed by atoms with E-state index in [2.05, 4.69) is 180 Å². The van der Waals surface area contributed by atoms with Crippen LogP contribution in [0.5, 0.6) is 0 Å². The molecular weight excluding hydrogens is 725 g/mol. The van der Waals surface area contributed by atoms with E-state index < -0.39 is 0 Å². The van der Waals surface area contributed by atoms with E-state index in [0.29, 0.717) is 11.9 Å². The number of benzene rings is 6. The van der Waals surface area contributed by atoms with E-state index in [1.54, 1.807) is 0 Å². The number of allylic oxidation sites excluding steroid dienone is 2. The van der Waals surface area contributed by atoms with Crippen LogP contribution in [0.15, 0.2) is 164 Å². The van der Waals surface area contributed by atoms with Gasteiger partial charge in [-0.25, -0.2) is 9.97 Å². The normalized spacial score (nSPS) is 15.8. The summed E-state index contributed by atoms with van der Waals surface area (Å²) in [6.45, 7) is 0. The largest absolute Gasteiger partial charge is 0.377 e. The van der Waals surface area contributed by atoms with Gasteiger partial charge in [-0.15, -0.1) is 11.3 Å². The van der Waals surface area contributed by atoms with E-state index >= 15 is 0 Å². The number of rotatable bonds is 5. The first kappa shape index (κ1) is 33.3. The summed E-state index contributed by atoms with van der Waals surface area (Å²) >= 11 is 1.93. The molecule has 0 bridgehead atoms. The number of hydrogen-bond acceptors (Lipinski definition) is 4. The highest BCUT2D eigenvalue weighted by Gasteiger charge is 2.27. The Kier molecular flexibility index (Phi) is 7.70. The van der Waals surface area contributed by atoms with Crippen LogP contribution in [0, 0.1) is 0 Å². The van der Waals surface area contributed by atoms with Gasteiger partial charge in [0.2, 0.25) is 0 Å². The van der Waals surface area contributed by atoms with Gasteiger partial charge in [0.25, 0.3) is 0 Å². The fraction of sp³-hybridized carbons (Fsp3) is 0.0943. The van der Waals surface area contributed by atoms with Gasteiger partial charge in [-0.3, -0.25) is 0 Å². The lowest BCUT2D eigenvalue weighted by molar-refractivity contribution is 0.651. The first-order chi connectivity index (χ1) is 28.7. The molecule has 4 nitrogen and oxygen atoms in total. The number of hydrogen-bond donors (Lipinski definition) is 1. The number of nitrogens with one attached hydrogen (secondary N) is 1. The molecule has 12 rings (SSSR count). The summed E-state index contributed by atoms with van der Waals surface area (Å²) in [4.78, 5) is 12.0. The molecule has 58 heavy (non-hydrogen) atoms. The van der Waals surface area contributed by atoms with Crippen LogP contribution in [0.1, 0.15) is 35.3 Å². The Hall–Kier alpha value is -6.82. The average Bonchev–Trinajstić information content (AvgIpc) is 3.85. The second-order valence-electron chi connectivity index (χ2n) is 15.6. The van der Waals surface area contributed by atoms with Gasteiger partial charge in [0.05, 0.1) is 38.7 Å². The molecule has 1 unspecified atom stereocenters. The molecule has 0 amide bonds. The van der Waals surface area contributed by atoms with Crippen LogP contribution in [0.2, 0.25) is 0 Å². The number of aromatic nitrogens is 3. The predicted molar refractivity (Wildman–Crippen MR) is 242 cm³/mol. The van der Waals surface area contributed by atoms with Gasteiger partial charge in [-0.2, -0.15) is 0 Å². The molecule has 6 aromatic carbocycles. The van der Waals surface area contributed by atoms with E-state index in [-0.39, 0.29) is 0 Å². The van der Waals surface area contributed by atoms with Crippen molar-refractivity contribution < 1.29 is 0 Å². The summed E-state index contributed by atoms with van der Waals surface area (Å²) in [5.41, 5.74) is 13.8. The lowest BCUT2D eigenvalue weighted by Crippen LogP contribution is -2.45. The first-order valence-corrected chi connectivity index (χ1v) is 21.1. The highest BCUT2D eigenvalue weighted by atomic mass is 32.1. The second kappa shape index (κ2) is 13.4. The molecule has 0 saturated heterocycles. The topological polar surface area (TPSA) is 42.7 Å². The van der Waals surface area contributed by atoms with E-state index in [1.165, 1.54) is 69.6 Å². The molecule has 276 valence electrons. The molecule has 1 N–H and O–H groups in total. The molecule has 5 heteroatoms. The molecule has 0 spiro atoms. The smallest absolute Gasteiger partial charge is 0.160 e. The number of thiophene rings is 1. The van der Waals surface area contributed by atoms with Crippen molar-refractivity contribution in [3.8, 4) is 39.6 Å². The number of para-hydroxylation sites is 2. The fourth-order valence-electron chi connectivity index (χ4n) is 9.38. The Morgan fingerprint density at radius 3 is 2.12 bits per heavy atom. The molecule has 0 fully saturated rings.